The second-order valence-electron chi connectivity index (χ2n) is 7.48. The number of benzene rings is 2. The number of esters is 1. The van der Waals surface area contributed by atoms with Crippen LogP contribution in [0.3, 0.4) is 0 Å². The first-order valence-corrected chi connectivity index (χ1v) is 10.3. The molecule has 0 atom stereocenters. The highest BCUT2D eigenvalue weighted by Crippen LogP contribution is 2.36. The third-order valence-electron chi connectivity index (χ3n) is 5.25. The van der Waals surface area contributed by atoms with Crippen LogP contribution in [0, 0.1) is 31.3 Å². The van der Waals surface area contributed by atoms with Gasteiger partial charge >= 0.3 is 5.97 Å². The number of rotatable bonds is 5. The number of H-pyrrole nitrogens is 1. The van der Waals surface area contributed by atoms with Crippen molar-refractivity contribution in [3.8, 4) is 22.9 Å². The van der Waals surface area contributed by atoms with E-state index >= 15 is 0 Å². The third-order valence-corrected chi connectivity index (χ3v) is 5.25. The van der Waals surface area contributed by atoms with E-state index in [9.17, 15) is 22.8 Å². The first kappa shape index (κ1) is 23.0. The molecule has 4 aromatic rings. The Kier molecular flexibility index (Phi) is 6.10. The van der Waals surface area contributed by atoms with Gasteiger partial charge in [0.05, 0.1) is 29.1 Å². The molecule has 0 unspecified atom stereocenters. The summed E-state index contributed by atoms with van der Waals surface area (Å²) < 4.78 is 53.1. The number of nitrogens with zero attached hydrogens (tertiary/aromatic N) is 1. The van der Waals surface area contributed by atoms with Crippen molar-refractivity contribution in [1.29, 1.82) is 0 Å². The number of nitrogens with one attached hydrogen (secondary N) is 1. The fourth-order valence-corrected chi connectivity index (χ4v) is 3.50. The molecule has 2 heterocycles. The summed E-state index contributed by atoms with van der Waals surface area (Å²) in [4.78, 5) is 32.6. The van der Waals surface area contributed by atoms with Crippen molar-refractivity contribution in [2.24, 2.45) is 0 Å². The zero-order valence-corrected chi connectivity index (χ0v) is 18.5. The number of carbonyl (C=O) groups is 1. The van der Waals surface area contributed by atoms with Gasteiger partial charge in [-0.2, -0.15) is 0 Å². The van der Waals surface area contributed by atoms with Crippen LogP contribution in [0.4, 0.5) is 13.2 Å². The van der Waals surface area contributed by atoms with Crippen LogP contribution in [0.5, 0.6) is 11.6 Å². The van der Waals surface area contributed by atoms with Crippen molar-refractivity contribution in [2.75, 3.05) is 6.61 Å². The molecule has 0 amide bonds. The first-order chi connectivity index (χ1) is 16.2. The van der Waals surface area contributed by atoms with E-state index in [-0.39, 0.29) is 40.8 Å². The summed E-state index contributed by atoms with van der Waals surface area (Å²) in [5.74, 6) is -4.42. The molecule has 174 valence electrons. The molecular formula is C25H19F3N2O4. The summed E-state index contributed by atoms with van der Waals surface area (Å²) in [6.45, 7) is 4.18. The van der Waals surface area contributed by atoms with Crippen molar-refractivity contribution in [1.82, 2.24) is 9.97 Å². The van der Waals surface area contributed by atoms with E-state index in [1.807, 2.05) is 0 Å². The van der Waals surface area contributed by atoms with E-state index in [2.05, 4.69) is 9.97 Å². The number of hydrogen-bond donors (Lipinski definition) is 1. The Bertz CT molecular complexity index is 1500. The molecule has 0 fully saturated rings. The van der Waals surface area contributed by atoms with Crippen LogP contribution in [0.2, 0.25) is 0 Å². The van der Waals surface area contributed by atoms with E-state index < -0.39 is 34.4 Å². The van der Waals surface area contributed by atoms with Gasteiger partial charge in [0.1, 0.15) is 11.3 Å². The maximum atomic E-state index is 14.4. The van der Waals surface area contributed by atoms with Gasteiger partial charge in [-0.05, 0) is 45.0 Å². The number of carbonyl (C=O) groups excluding carboxylic acids is 1. The van der Waals surface area contributed by atoms with Gasteiger partial charge in [-0.25, -0.2) is 22.9 Å². The van der Waals surface area contributed by atoms with Gasteiger partial charge < -0.3 is 14.5 Å². The zero-order chi connectivity index (χ0) is 24.6. The van der Waals surface area contributed by atoms with E-state index in [0.717, 1.165) is 6.07 Å². The molecule has 9 heteroatoms. The predicted octanol–water partition coefficient (Wildman–Crippen LogP) is 5.59. The first-order valence-electron chi connectivity index (χ1n) is 10.3. The molecule has 6 nitrogen and oxygen atoms in total. The normalized spacial score (nSPS) is 11.0. The number of aromatic nitrogens is 2. The van der Waals surface area contributed by atoms with Gasteiger partial charge in [-0.15, -0.1) is 0 Å². The molecule has 0 spiro atoms. The highest BCUT2D eigenvalue weighted by Gasteiger charge is 2.26. The summed E-state index contributed by atoms with van der Waals surface area (Å²) >= 11 is 0. The fourth-order valence-electron chi connectivity index (χ4n) is 3.50. The molecule has 0 aliphatic heterocycles. The van der Waals surface area contributed by atoms with Crippen molar-refractivity contribution in [2.45, 2.75) is 20.8 Å². The summed E-state index contributed by atoms with van der Waals surface area (Å²) in [6.07, 6.45) is 0. The minimum Gasteiger partial charge on any atom is -0.462 e. The van der Waals surface area contributed by atoms with E-state index in [1.165, 1.54) is 19.9 Å². The van der Waals surface area contributed by atoms with Gasteiger partial charge in [-0.3, -0.25) is 4.79 Å². The number of aromatic amines is 1. The van der Waals surface area contributed by atoms with E-state index in [1.54, 1.807) is 37.3 Å². The molecule has 2 aromatic carbocycles. The number of hydrogen-bond acceptors (Lipinski definition) is 5. The maximum absolute atomic E-state index is 14.4. The van der Waals surface area contributed by atoms with Gasteiger partial charge in [0.2, 0.25) is 11.3 Å². The van der Waals surface area contributed by atoms with E-state index in [0.29, 0.717) is 10.9 Å². The second kappa shape index (κ2) is 9.01. The average molecular weight is 468 g/mol. The van der Waals surface area contributed by atoms with Crippen molar-refractivity contribution in [3.05, 3.63) is 87.0 Å². The zero-order valence-electron chi connectivity index (χ0n) is 18.5. The van der Waals surface area contributed by atoms with Crippen LogP contribution < -0.4 is 10.2 Å². The number of pyridine rings is 2. The van der Waals surface area contributed by atoms with Crippen LogP contribution in [0.15, 0.2) is 47.3 Å². The van der Waals surface area contributed by atoms with Crippen molar-refractivity contribution < 1.29 is 27.4 Å². The lowest BCUT2D eigenvalue weighted by Gasteiger charge is -2.16. The molecule has 0 radical (unpaired) electrons. The Morgan fingerprint density at radius 3 is 2.53 bits per heavy atom. The minimum absolute atomic E-state index is 0.0261. The lowest BCUT2D eigenvalue weighted by molar-refractivity contribution is 0.0524. The van der Waals surface area contributed by atoms with Crippen molar-refractivity contribution >= 4 is 16.9 Å². The Balaban J connectivity index is 2.03. The molecule has 2 aromatic heterocycles. The smallest absolute Gasteiger partial charge is 0.344 e. The highest BCUT2D eigenvalue weighted by atomic mass is 19.2. The van der Waals surface area contributed by atoms with Crippen LogP contribution in [0.1, 0.15) is 28.5 Å². The Morgan fingerprint density at radius 2 is 1.79 bits per heavy atom. The number of para-hydroxylation sites is 1. The quantitative estimate of drug-likeness (QED) is 0.386. The Hall–Kier alpha value is -4.14. The lowest BCUT2D eigenvalue weighted by Crippen LogP contribution is -2.24. The molecule has 4 rings (SSSR count). The molecule has 0 aliphatic rings. The predicted molar refractivity (Wildman–Crippen MR) is 120 cm³/mol. The van der Waals surface area contributed by atoms with Gasteiger partial charge in [0.15, 0.2) is 17.5 Å². The summed E-state index contributed by atoms with van der Waals surface area (Å²) in [5, 5.41) is 0.629. The SMILES string of the molecule is CCOC(=O)c1c(-c2cc3ccccc3nc2Oc2ccc(F)c(F)c2C)[nH]c(C)c(F)c1=O. The highest BCUT2D eigenvalue weighted by molar-refractivity contribution is 5.98. The molecule has 0 saturated heterocycles. The van der Waals surface area contributed by atoms with Crippen LogP contribution >= 0.6 is 0 Å². The number of aryl methyl sites for hydroxylation is 1. The average Bonchev–Trinajstić information content (AvgIpc) is 2.82. The minimum atomic E-state index is -1.15. The standard InChI is InChI=1S/C25H19F3N2O4/c1-4-33-25(32)19-22(29-13(3)21(28)23(19)31)15-11-14-7-5-6-8-17(14)30-24(15)34-18-10-9-16(26)20(27)12(18)2/h5-11H,4H2,1-3H3,(H,29,31). The van der Waals surface area contributed by atoms with Gasteiger partial charge in [0, 0.05) is 10.9 Å². The van der Waals surface area contributed by atoms with Crippen LogP contribution in [-0.4, -0.2) is 22.5 Å². The summed E-state index contributed by atoms with van der Waals surface area (Å²) in [5.41, 5.74) is -1.37. The largest absolute Gasteiger partial charge is 0.462 e. The number of ether oxygens (including phenoxy) is 2. The van der Waals surface area contributed by atoms with Crippen molar-refractivity contribution in [3.63, 3.8) is 0 Å². The lowest BCUT2D eigenvalue weighted by atomic mass is 10.0. The Morgan fingerprint density at radius 1 is 1.06 bits per heavy atom. The molecule has 1 N–H and O–H groups in total. The maximum Gasteiger partial charge on any atom is 0.344 e. The van der Waals surface area contributed by atoms with Crippen LogP contribution in [0.25, 0.3) is 22.2 Å². The second-order valence-corrected chi connectivity index (χ2v) is 7.48. The number of fused-ring (bicyclic) bond motifs is 1. The van der Waals surface area contributed by atoms with Crippen LogP contribution in [-0.2, 0) is 4.74 Å². The topological polar surface area (TPSA) is 81.3 Å². The van der Waals surface area contributed by atoms with Gasteiger partial charge in [0.25, 0.3) is 0 Å². The summed E-state index contributed by atoms with van der Waals surface area (Å²) in [6, 6.07) is 10.7. The molecule has 0 bridgehead atoms. The molecule has 0 saturated carbocycles. The number of halogens is 3. The summed E-state index contributed by atoms with van der Waals surface area (Å²) in [7, 11) is 0. The monoisotopic (exact) mass is 468 g/mol. The molecule has 34 heavy (non-hydrogen) atoms. The Labute approximate surface area is 192 Å². The fraction of sp³-hybridized carbons (Fsp3) is 0.160. The molecule has 0 aliphatic carbocycles. The van der Waals surface area contributed by atoms with E-state index in [4.69, 9.17) is 9.47 Å². The molecular weight excluding hydrogens is 449 g/mol. The third kappa shape index (κ3) is 4.00. The van der Waals surface area contributed by atoms with Gasteiger partial charge in [-0.1, -0.05) is 18.2 Å².